The molecule has 0 unspecified atom stereocenters. The van der Waals surface area contributed by atoms with Gasteiger partial charge in [-0.15, -0.1) is 0 Å². The van der Waals surface area contributed by atoms with Gasteiger partial charge < -0.3 is 43.6 Å². The zero-order valence-electron chi connectivity index (χ0n) is 45.9. The Morgan fingerprint density at radius 3 is 1.44 bits per heavy atom. The van der Waals surface area contributed by atoms with E-state index in [2.05, 4.69) is 65.3 Å². The van der Waals surface area contributed by atoms with Gasteiger partial charge in [-0.1, -0.05) is 71.5 Å². The number of ether oxygens (including phenoxy) is 2. The van der Waals surface area contributed by atoms with Crippen molar-refractivity contribution < 1.29 is 73.6 Å². The number of nitrogens with one attached hydrogen (secondary N) is 2. The predicted octanol–water partition coefficient (Wildman–Crippen LogP) is 11.7. The third kappa shape index (κ3) is 13.4. The second-order valence-electron chi connectivity index (χ2n) is 24.3. The number of piperidine rings is 1. The second kappa shape index (κ2) is 23.7. The van der Waals surface area contributed by atoms with Crippen LogP contribution in [0.25, 0.3) is 0 Å². The highest BCUT2D eigenvalue weighted by Gasteiger charge is 2.70. The first kappa shape index (κ1) is 60.5. The number of halogens is 7. The molecule has 11 atom stereocenters. The zero-order valence-corrected chi connectivity index (χ0v) is 46.7. The summed E-state index contributed by atoms with van der Waals surface area (Å²) < 4.78 is 116. The number of hydrogen-bond donors (Lipinski definition) is 2. The normalized spacial score (nSPS) is 30.8. The molecule has 7 aliphatic carbocycles. The third-order valence-corrected chi connectivity index (χ3v) is 19.0. The van der Waals surface area contributed by atoms with Gasteiger partial charge in [-0.25, -0.2) is 9.59 Å². The monoisotopic (exact) mass is 1130 g/mol. The van der Waals surface area contributed by atoms with Gasteiger partial charge in [-0.2, -0.15) is 26.3 Å². The number of carbonyl (C=O) groups excluding carboxylic acids is 4. The molecule has 10 fully saturated rings. The zero-order chi connectivity index (χ0) is 57.5. The van der Waals surface area contributed by atoms with E-state index >= 15 is 0 Å². The first-order chi connectivity index (χ1) is 37.0. The molecule has 3 amide bonds. The maximum Gasteiger partial charge on any atom is 0.482 e. The highest BCUT2D eigenvalue weighted by atomic mass is 35.5. The summed E-state index contributed by atoms with van der Waals surface area (Å²) in [5, 5.41) is 5.31. The van der Waals surface area contributed by atoms with Crippen molar-refractivity contribution in [1.82, 2.24) is 15.5 Å². The van der Waals surface area contributed by atoms with Crippen LogP contribution in [0.2, 0.25) is 0 Å². The predicted molar refractivity (Wildman–Crippen MR) is 285 cm³/mol. The Hall–Kier alpha value is -4.56. The summed E-state index contributed by atoms with van der Waals surface area (Å²) >= 11 is 4.71. The minimum Gasteiger partial charge on any atom is -0.446 e. The van der Waals surface area contributed by atoms with Crippen molar-refractivity contribution >= 4 is 49.2 Å². The van der Waals surface area contributed by atoms with Crippen LogP contribution in [0.15, 0.2) is 73.8 Å². The molecule has 79 heavy (non-hydrogen) atoms. The van der Waals surface area contributed by atoms with E-state index in [1.54, 1.807) is 4.90 Å². The number of allylic oxidation sites excluding steroid dienone is 1. The number of benzene rings is 2. The van der Waals surface area contributed by atoms with E-state index in [1.165, 1.54) is 30.3 Å². The van der Waals surface area contributed by atoms with E-state index in [0.29, 0.717) is 54.2 Å². The van der Waals surface area contributed by atoms with Crippen molar-refractivity contribution in [3.8, 4) is 0 Å². The average Bonchev–Trinajstić information content (AvgIpc) is 3.20. The molecule has 3 heterocycles. The molecule has 3 saturated heterocycles. The summed E-state index contributed by atoms with van der Waals surface area (Å²) in [7, 11) is -1.48. The number of rotatable bonds is 12. The van der Waals surface area contributed by atoms with E-state index in [1.807, 2.05) is 0 Å². The summed E-state index contributed by atoms with van der Waals surface area (Å²) in [6.07, 6.45) is 2.18. The lowest BCUT2D eigenvalue weighted by molar-refractivity contribution is -0.199. The van der Waals surface area contributed by atoms with Gasteiger partial charge in [0.1, 0.15) is 12.2 Å². The fourth-order valence-corrected chi connectivity index (χ4v) is 14.0. The maximum atomic E-state index is 13.1. The Bertz CT molecular complexity index is 2540. The Balaban J connectivity index is 0.000000193. The minimum absolute atomic E-state index is 0.0597. The molecule has 4 bridgehead atoms. The molecule has 0 spiro atoms. The standard InChI is InChI=1S/C28H36BF3N2O5.C26H35BF3NO4.C3H3ClO/c1-5-24(35)34-12-6-7-20(16-34)37-25(36)33-23(13-17-8-10-18(11-9-17)28(30,31)32)29-38-22-15-19-14-21(26(19,2)3)27(22,4)39-29;1-24(2)18-14-20(24)25(3)21(15-18)34-27(35-25)22(31-23(32)33-19-7-5-4-6-8-19)13-16-9-11-17(12-10-16)26(28,29)30;1-2-3(4)5/h5,8-11,19-23H,1,6-7,12-16H2,2-4H3,(H,33,36);9-12,18-22H,4-8,13-15H2,1-3H3,(H,31,32);2H,1H2/t19-,20-,21-,22+,23-,27-;18-,20-,21+,22-,25-;/m00./s1. The molecular weight excluding hydrogens is 1060 g/mol. The molecule has 432 valence electrons. The van der Waals surface area contributed by atoms with Crippen molar-refractivity contribution in [2.45, 2.75) is 185 Å². The van der Waals surface area contributed by atoms with E-state index in [9.17, 15) is 45.5 Å². The molecule has 0 radical (unpaired) electrons. The van der Waals surface area contributed by atoms with Gasteiger partial charge in [0.05, 0.1) is 53.0 Å². The van der Waals surface area contributed by atoms with Crippen LogP contribution in [-0.4, -0.2) is 103 Å². The Morgan fingerprint density at radius 2 is 1.06 bits per heavy atom. The molecular formula is C57H74B2ClF6N3O10. The lowest BCUT2D eigenvalue weighted by Crippen LogP contribution is -2.65. The molecule has 7 saturated carbocycles. The third-order valence-electron chi connectivity index (χ3n) is 18.8. The van der Waals surface area contributed by atoms with Crippen molar-refractivity contribution in [1.29, 1.82) is 0 Å². The van der Waals surface area contributed by atoms with Crippen molar-refractivity contribution in [2.24, 2.45) is 34.5 Å². The lowest BCUT2D eigenvalue weighted by Gasteiger charge is -2.64. The van der Waals surface area contributed by atoms with Gasteiger partial charge in [0.15, 0.2) is 0 Å². The Kier molecular flexibility index (Phi) is 18.2. The molecule has 12 rings (SSSR count). The lowest BCUT2D eigenvalue weighted by atomic mass is 9.43. The summed E-state index contributed by atoms with van der Waals surface area (Å²) in [4.78, 5) is 49.0. The highest BCUT2D eigenvalue weighted by molar-refractivity contribution is 6.66. The van der Waals surface area contributed by atoms with E-state index in [0.717, 1.165) is 88.1 Å². The largest absolute Gasteiger partial charge is 0.482 e. The molecule has 10 aliphatic rings. The van der Waals surface area contributed by atoms with Gasteiger partial charge in [0.25, 0.3) is 0 Å². The van der Waals surface area contributed by atoms with Crippen LogP contribution >= 0.6 is 11.6 Å². The minimum atomic E-state index is -4.43. The fraction of sp³-hybridized carbons (Fsp3) is 0.649. The first-order valence-electron chi connectivity index (χ1n) is 27.7. The number of hydrogen-bond acceptors (Lipinski definition) is 10. The van der Waals surface area contributed by atoms with Gasteiger partial charge >= 0.3 is 38.8 Å². The summed E-state index contributed by atoms with van der Waals surface area (Å²) in [6, 6.07) is 9.93. The van der Waals surface area contributed by atoms with Crippen molar-refractivity contribution in [3.63, 3.8) is 0 Å². The maximum absolute atomic E-state index is 13.1. The summed E-state index contributed by atoms with van der Waals surface area (Å²) in [5.41, 5.74) is -0.813. The molecule has 3 aliphatic heterocycles. The molecule has 2 aromatic rings. The first-order valence-corrected chi connectivity index (χ1v) is 28.1. The Morgan fingerprint density at radius 1 is 0.658 bits per heavy atom. The van der Waals surface area contributed by atoms with Crippen LogP contribution in [0.4, 0.5) is 35.9 Å². The van der Waals surface area contributed by atoms with Gasteiger partial charge in [0.2, 0.25) is 11.1 Å². The SMILES string of the molecule is C=CC(=O)Cl.C=CC(=O)N1CCC[C@H](OC(=O)N[C@@H](Cc2ccc(C(F)(F)F)cc2)B2O[C@@H]3C[C@@H]4C[C@@H](C4(C)C)[C@]3(C)O2)C1.CC1(C)[C@@H]2C[C@H]3OB([C@H](Cc4ccc(C(F)(F)F)cc4)NC(=O)OC4CCCCC4)O[C@@]3(C)[C@H]1C2. The molecule has 13 nitrogen and oxygen atoms in total. The van der Waals surface area contributed by atoms with E-state index < -0.39 is 84.3 Å². The van der Waals surface area contributed by atoms with Crippen LogP contribution in [0.1, 0.15) is 134 Å². The van der Waals surface area contributed by atoms with Crippen LogP contribution in [0.3, 0.4) is 0 Å². The fourth-order valence-electron chi connectivity index (χ4n) is 14.0. The van der Waals surface area contributed by atoms with Gasteiger partial charge in [-0.3, -0.25) is 9.59 Å². The molecule has 2 N–H and O–H groups in total. The summed E-state index contributed by atoms with van der Waals surface area (Å²) in [5.74, 6) is 0.329. The number of carbonyl (C=O) groups is 4. The number of alkyl carbamates (subject to hydrolysis) is 2. The number of alkyl halides is 6. The molecule has 0 aromatic heterocycles. The Labute approximate surface area is 465 Å². The van der Waals surface area contributed by atoms with Crippen molar-refractivity contribution in [2.75, 3.05) is 13.1 Å². The number of likely N-dealkylation sites (tertiary alicyclic amines) is 1. The van der Waals surface area contributed by atoms with E-state index in [-0.39, 0.29) is 54.4 Å². The average molecular weight is 1130 g/mol. The number of amides is 3. The molecule has 2 aromatic carbocycles. The smallest absolute Gasteiger partial charge is 0.446 e. The van der Waals surface area contributed by atoms with Crippen LogP contribution in [0.5, 0.6) is 0 Å². The van der Waals surface area contributed by atoms with Gasteiger partial charge in [-0.05, 0) is 185 Å². The molecule has 22 heteroatoms. The topological polar surface area (TPSA) is 151 Å². The van der Waals surface area contributed by atoms with E-state index in [4.69, 9.17) is 39.7 Å². The number of nitrogens with zero attached hydrogens (tertiary/aromatic N) is 1. The van der Waals surface area contributed by atoms with Crippen LogP contribution < -0.4 is 10.6 Å². The van der Waals surface area contributed by atoms with Crippen LogP contribution in [-0.2, 0) is 62.9 Å². The van der Waals surface area contributed by atoms with Gasteiger partial charge in [0, 0.05) is 6.54 Å². The van der Waals surface area contributed by atoms with Crippen LogP contribution in [0, 0.1) is 34.5 Å². The quantitative estimate of drug-likeness (QED) is 0.0910. The highest BCUT2D eigenvalue weighted by Crippen LogP contribution is 2.67. The second-order valence-corrected chi connectivity index (χ2v) is 24.7. The summed E-state index contributed by atoms with van der Waals surface area (Å²) in [6.45, 7) is 20.7. The van der Waals surface area contributed by atoms with Crippen molar-refractivity contribution in [3.05, 3.63) is 96.1 Å².